The highest BCUT2D eigenvalue weighted by Crippen LogP contribution is 2.66. The molecule has 0 aliphatic heterocycles. The monoisotopic (exact) mass is 272 g/mol. The van der Waals surface area contributed by atoms with Gasteiger partial charge in [-0.05, 0) is 36.0 Å². The molecule has 2 N–H and O–H groups in total. The van der Waals surface area contributed by atoms with Gasteiger partial charge in [0.05, 0.1) is 12.7 Å². The molecule has 0 aromatic rings. The lowest BCUT2D eigenvalue weighted by Gasteiger charge is -2.40. The Labute approximate surface area is 113 Å². The fourth-order valence-electron chi connectivity index (χ4n) is 3.87. The summed E-state index contributed by atoms with van der Waals surface area (Å²) in [6, 6.07) is 0. The summed E-state index contributed by atoms with van der Waals surface area (Å²) in [5, 5.41) is 17.8. The predicted molar refractivity (Wildman–Crippen MR) is 69.0 cm³/mol. The van der Waals surface area contributed by atoms with Crippen LogP contribution < -0.4 is 0 Å². The van der Waals surface area contributed by atoms with Gasteiger partial charge in [-0.25, -0.2) is 4.79 Å². The molecule has 2 aliphatic carbocycles. The van der Waals surface area contributed by atoms with Crippen molar-refractivity contribution in [2.75, 3.05) is 13.2 Å². The number of rotatable bonds is 5. The van der Waals surface area contributed by atoms with E-state index in [1.165, 1.54) is 6.42 Å². The average Bonchev–Trinajstić information content (AvgIpc) is 2.66. The van der Waals surface area contributed by atoms with E-state index in [-0.39, 0.29) is 30.1 Å². The molecule has 19 heavy (non-hydrogen) atoms. The number of hydrogen-bond acceptors (Lipinski definition) is 4. The zero-order valence-electron chi connectivity index (χ0n) is 11.9. The van der Waals surface area contributed by atoms with E-state index < -0.39 is 12.3 Å². The summed E-state index contributed by atoms with van der Waals surface area (Å²) < 4.78 is 10.4. The molecular weight excluding hydrogens is 248 g/mol. The van der Waals surface area contributed by atoms with Crippen molar-refractivity contribution < 1.29 is 24.5 Å². The topological polar surface area (TPSA) is 76.0 Å². The Morgan fingerprint density at radius 1 is 1.42 bits per heavy atom. The van der Waals surface area contributed by atoms with Crippen molar-refractivity contribution in [3.8, 4) is 0 Å². The third-order valence-electron chi connectivity index (χ3n) is 5.67. The zero-order valence-corrected chi connectivity index (χ0v) is 11.9. The Bertz CT molecular complexity index is 354. The second-order valence-corrected chi connectivity index (χ2v) is 6.62. The van der Waals surface area contributed by atoms with E-state index in [4.69, 9.17) is 9.84 Å². The second-order valence-electron chi connectivity index (χ2n) is 6.62. The van der Waals surface area contributed by atoms with E-state index in [0.717, 1.165) is 12.8 Å². The van der Waals surface area contributed by atoms with Crippen LogP contribution in [0.5, 0.6) is 0 Å². The van der Waals surface area contributed by atoms with Gasteiger partial charge in [0.1, 0.15) is 12.7 Å². The van der Waals surface area contributed by atoms with Gasteiger partial charge in [0.2, 0.25) is 0 Å². The molecule has 5 nitrogen and oxygen atoms in total. The molecule has 2 rings (SSSR count). The van der Waals surface area contributed by atoms with Crippen LogP contribution in [0, 0.1) is 16.7 Å². The van der Waals surface area contributed by atoms with Gasteiger partial charge < -0.3 is 19.7 Å². The van der Waals surface area contributed by atoms with E-state index in [9.17, 15) is 9.90 Å². The largest absolute Gasteiger partial charge is 0.505 e. The first-order valence-corrected chi connectivity index (χ1v) is 6.93. The Hall–Kier alpha value is -0.810. The Morgan fingerprint density at radius 2 is 2.11 bits per heavy atom. The molecule has 0 radical (unpaired) electrons. The number of ether oxygens (including phenoxy) is 2. The van der Waals surface area contributed by atoms with Gasteiger partial charge in [0.25, 0.3) is 0 Å². The highest BCUT2D eigenvalue weighted by atomic mass is 16.7. The lowest BCUT2D eigenvalue weighted by atomic mass is 9.70. The highest BCUT2D eigenvalue weighted by Gasteiger charge is 2.62. The second kappa shape index (κ2) is 4.94. The smallest absolute Gasteiger partial charge is 0.450 e. The minimum Gasteiger partial charge on any atom is -0.450 e. The van der Waals surface area contributed by atoms with Gasteiger partial charge in [-0.3, -0.25) is 0 Å². The van der Waals surface area contributed by atoms with Crippen LogP contribution in [-0.2, 0) is 9.47 Å². The van der Waals surface area contributed by atoms with Crippen LogP contribution in [0.1, 0.15) is 40.0 Å². The molecule has 0 saturated heterocycles. The molecule has 0 amide bonds. The Morgan fingerprint density at radius 3 is 2.53 bits per heavy atom. The first kappa shape index (κ1) is 14.6. The predicted octanol–water partition coefficient (Wildman–Crippen LogP) is 2.27. The fourth-order valence-corrected chi connectivity index (χ4v) is 3.87. The maximum atomic E-state index is 10.4. The van der Waals surface area contributed by atoms with Crippen LogP contribution in [0.25, 0.3) is 0 Å². The average molecular weight is 272 g/mol. The van der Waals surface area contributed by atoms with Crippen LogP contribution in [0.15, 0.2) is 0 Å². The molecule has 2 bridgehead atoms. The summed E-state index contributed by atoms with van der Waals surface area (Å²) in [4.78, 5) is 10.4. The van der Waals surface area contributed by atoms with E-state index in [0.29, 0.717) is 5.92 Å². The van der Waals surface area contributed by atoms with Crippen LogP contribution >= 0.6 is 0 Å². The summed E-state index contributed by atoms with van der Waals surface area (Å²) in [7, 11) is 0. The van der Waals surface area contributed by atoms with E-state index in [1.54, 1.807) is 0 Å². The van der Waals surface area contributed by atoms with Crippen LogP contribution in [0.4, 0.5) is 4.79 Å². The molecule has 0 spiro atoms. The molecular formula is C14H24O5. The normalized spacial score (nSPS) is 37.3. The first-order valence-electron chi connectivity index (χ1n) is 6.93. The lowest BCUT2D eigenvalue weighted by Crippen LogP contribution is -2.41. The van der Waals surface area contributed by atoms with Gasteiger partial charge in [0, 0.05) is 0 Å². The van der Waals surface area contributed by atoms with Crippen molar-refractivity contribution in [2.45, 2.75) is 52.2 Å². The molecule has 2 aliphatic rings. The highest BCUT2D eigenvalue weighted by molar-refractivity contribution is 5.56. The maximum Gasteiger partial charge on any atom is 0.505 e. The molecule has 4 unspecified atom stereocenters. The molecule has 0 heterocycles. The van der Waals surface area contributed by atoms with Crippen molar-refractivity contribution in [3.63, 3.8) is 0 Å². The van der Waals surface area contributed by atoms with Crippen LogP contribution in [-0.4, -0.2) is 41.8 Å². The summed E-state index contributed by atoms with van der Waals surface area (Å²) >= 11 is 0. The lowest BCUT2D eigenvalue weighted by molar-refractivity contribution is -0.117. The number of carboxylic acid groups (broad SMARTS) is 1. The number of aliphatic hydroxyl groups is 1. The minimum atomic E-state index is -1.33. The minimum absolute atomic E-state index is 0.0794. The molecule has 0 aromatic carbocycles. The summed E-state index contributed by atoms with van der Waals surface area (Å²) in [6.07, 6.45) is 1.55. The van der Waals surface area contributed by atoms with Crippen molar-refractivity contribution in [2.24, 2.45) is 16.7 Å². The number of aliphatic hydroxyl groups excluding tert-OH is 1. The maximum absolute atomic E-state index is 10.4. The summed E-state index contributed by atoms with van der Waals surface area (Å²) in [5.74, 6) is 0.655. The van der Waals surface area contributed by atoms with Crippen LogP contribution in [0.2, 0.25) is 0 Å². The quantitative estimate of drug-likeness (QED) is 0.751. The van der Waals surface area contributed by atoms with Crippen molar-refractivity contribution in [1.82, 2.24) is 0 Å². The molecule has 2 fully saturated rings. The number of carbonyl (C=O) groups is 1. The SMILES string of the molecule is CC1(C)C2CCC1(C)C(OC(CO)COC(=O)O)C2. The van der Waals surface area contributed by atoms with Gasteiger partial charge >= 0.3 is 6.16 Å². The third-order valence-corrected chi connectivity index (χ3v) is 5.67. The van der Waals surface area contributed by atoms with Gasteiger partial charge in [0.15, 0.2) is 0 Å². The molecule has 0 aromatic heterocycles. The Kier molecular flexibility index (Phi) is 3.80. The molecule has 2 saturated carbocycles. The van der Waals surface area contributed by atoms with Gasteiger partial charge in [-0.15, -0.1) is 0 Å². The van der Waals surface area contributed by atoms with Gasteiger partial charge in [-0.2, -0.15) is 0 Å². The zero-order chi connectivity index (χ0) is 14.3. The van der Waals surface area contributed by atoms with Crippen molar-refractivity contribution >= 4 is 6.16 Å². The van der Waals surface area contributed by atoms with Crippen molar-refractivity contribution in [3.05, 3.63) is 0 Å². The standard InChI is InChI=1S/C14H24O5/c1-13(2)9-4-5-14(13,3)11(6-9)19-10(7-15)8-18-12(16)17/h9-11,15H,4-8H2,1-3H3,(H,16,17). The Balaban J connectivity index is 1.98. The molecule has 4 atom stereocenters. The number of hydrogen-bond donors (Lipinski definition) is 2. The third kappa shape index (κ3) is 2.34. The summed E-state index contributed by atoms with van der Waals surface area (Å²) in [5.41, 5.74) is 0.347. The van der Waals surface area contributed by atoms with Crippen LogP contribution in [0.3, 0.4) is 0 Å². The molecule has 110 valence electrons. The van der Waals surface area contributed by atoms with E-state index in [1.807, 2.05) is 0 Å². The van der Waals surface area contributed by atoms with Gasteiger partial charge in [-0.1, -0.05) is 20.8 Å². The first-order chi connectivity index (χ1) is 8.81. The fraction of sp³-hybridized carbons (Fsp3) is 0.929. The molecule has 5 heteroatoms. The number of fused-ring (bicyclic) bond motifs is 2. The summed E-state index contributed by atoms with van der Waals surface area (Å²) in [6.45, 7) is 6.50. The van der Waals surface area contributed by atoms with Crippen molar-refractivity contribution in [1.29, 1.82) is 0 Å². The van der Waals surface area contributed by atoms with E-state index in [2.05, 4.69) is 25.5 Å². The van der Waals surface area contributed by atoms with E-state index >= 15 is 0 Å².